The van der Waals surface area contributed by atoms with Crippen molar-refractivity contribution in [1.29, 1.82) is 0 Å². The van der Waals surface area contributed by atoms with E-state index >= 15 is 0 Å². The highest BCUT2D eigenvalue weighted by Gasteiger charge is 2.08. The fourth-order valence-corrected chi connectivity index (χ4v) is 1.35. The lowest BCUT2D eigenvalue weighted by Crippen LogP contribution is -2.12. The molecule has 0 spiro atoms. The Hall–Kier alpha value is -2.30. The molecule has 0 radical (unpaired) electrons. The van der Waals surface area contributed by atoms with E-state index in [0.717, 1.165) is 0 Å². The number of halogens is 1. The van der Waals surface area contributed by atoms with Crippen LogP contribution in [0.25, 0.3) is 0 Å². The van der Waals surface area contributed by atoms with Gasteiger partial charge in [0.15, 0.2) is 0 Å². The molecule has 0 saturated heterocycles. The molecule has 0 aliphatic rings. The molecule has 86 valence electrons. The van der Waals surface area contributed by atoms with Crippen molar-refractivity contribution < 1.29 is 9.18 Å². The number of carbonyl (C=O) groups excluding carboxylic acids is 1. The van der Waals surface area contributed by atoms with Gasteiger partial charge in [-0.1, -0.05) is 0 Å². The van der Waals surface area contributed by atoms with Gasteiger partial charge in [0.1, 0.15) is 12.1 Å². The number of hydrogen-bond acceptors (Lipinski definition) is 3. The Morgan fingerprint density at radius 3 is 2.65 bits per heavy atom. The molecule has 5 heteroatoms. The maximum absolute atomic E-state index is 13.0. The summed E-state index contributed by atoms with van der Waals surface area (Å²) in [4.78, 5) is 19.3. The van der Waals surface area contributed by atoms with E-state index < -0.39 is 0 Å². The van der Waals surface area contributed by atoms with Gasteiger partial charge in [0.25, 0.3) is 5.91 Å². The predicted molar refractivity (Wildman–Crippen MR) is 61.1 cm³/mol. The Balaban J connectivity index is 2.18. The van der Waals surface area contributed by atoms with E-state index in [1.807, 2.05) is 0 Å². The van der Waals surface area contributed by atoms with Crippen LogP contribution in [0.1, 0.15) is 15.9 Å². The standard InChI is InChI=1S/C12H10FN3O/c1-8-4-9(2-3-11(8)13)12(17)16-10-5-14-7-15-6-10/h2-7H,1H3,(H,16,17). The predicted octanol–water partition coefficient (Wildman–Crippen LogP) is 2.18. The topological polar surface area (TPSA) is 54.9 Å². The van der Waals surface area contributed by atoms with Gasteiger partial charge >= 0.3 is 0 Å². The van der Waals surface area contributed by atoms with Crippen molar-refractivity contribution >= 4 is 11.6 Å². The van der Waals surface area contributed by atoms with Crippen molar-refractivity contribution in [2.75, 3.05) is 5.32 Å². The maximum Gasteiger partial charge on any atom is 0.255 e. The summed E-state index contributed by atoms with van der Waals surface area (Å²) in [6, 6.07) is 4.20. The Kier molecular flexibility index (Phi) is 3.09. The number of benzene rings is 1. The second-order valence-corrected chi connectivity index (χ2v) is 3.55. The molecule has 0 bridgehead atoms. The number of hydrogen-bond donors (Lipinski definition) is 1. The largest absolute Gasteiger partial charge is 0.319 e. The number of amides is 1. The van der Waals surface area contributed by atoms with Gasteiger partial charge in [-0.3, -0.25) is 4.79 Å². The van der Waals surface area contributed by atoms with Crippen molar-refractivity contribution in [3.05, 3.63) is 53.9 Å². The molecule has 2 aromatic rings. The smallest absolute Gasteiger partial charge is 0.255 e. The number of aryl methyl sites for hydroxylation is 1. The van der Waals surface area contributed by atoms with Crippen molar-refractivity contribution in [2.24, 2.45) is 0 Å². The number of rotatable bonds is 2. The summed E-state index contributed by atoms with van der Waals surface area (Å²) in [7, 11) is 0. The minimum absolute atomic E-state index is 0.317. The molecule has 0 aliphatic heterocycles. The molecule has 1 N–H and O–H groups in total. The lowest BCUT2D eigenvalue weighted by molar-refractivity contribution is 0.102. The average Bonchev–Trinajstić information content (AvgIpc) is 2.34. The fraction of sp³-hybridized carbons (Fsp3) is 0.0833. The van der Waals surface area contributed by atoms with Crippen LogP contribution in [0, 0.1) is 12.7 Å². The Morgan fingerprint density at radius 1 is 1.29 bits per heavy atom. The molecule has 0 unspecified atom stereocenters. The van der Waals surface area contributed by atoms with Crippen LogP contribution in [0.5, 0.6) is 0 Å². The highest BCUT2D eigenvalue weighted by Crippen LogP contribution is 2.11. The maximum atomic E-state index is 13.0. The van der Waals surface area contributed by atoms with Gasteiger partial charge in [0.2, 0.25) is 0 Å². The number of nitrogens with zero attached hydrogens (tertiary/aromatic N) is 2. The van der Waals surface area contributed by atoms with Crippen molar-refractivity contribution in [3.63, 3.8) is 0 Å². The fourth-order valence-electron chi connectivity index (χ4n) is 1.35. The van der Waals surface area contributed by atoms with Crippen LogP contribution in [0.3, 0.4) is 0 Å². The van der Waals surface area contributed by atoms with E-state index in [-0.39, 0.29) is 11.7 Å². The molecule has 0 saturated carbocycles. The molecule has 0 fully saturated rings. The van der Waals surface area contributed by atoms with E-state index in [9.17, 15) is 9.18 Å². The zero-order valence-corrected chi connectivity index (χ0v) is 9.14. The van der Waals surface area contributed by atoms with Crippen molar-refractivity contribution in [3.8, 4) is 0 Å². The van der Waals surface area contributed by atoms with Crippen molar-refractivity contribution in [2.45, 2.75) is 6.92 Å². The van der Waals surface area contributed by atoms with E-state index in [2.05, 4.69) is 15.3 Å². The lowest BCUT2D eigenvalue weighted by atomic mass is 10.1. The van der Waals surface area contributed by atoms with E-state index in [0.29, 0.717) is 16.8 Å². The van der Waals surface area contributed by atoms with Gasteiger partial charge in [-0.15, -0.1) is 0 Å². The SMILES string of the molecule is Cc1cc(C(=O)Nc2cncnc2)ccc1F. The molecule has 1 heterocycles. The molecule has 1 aromatic heterocycles. The second-order valence-electron chi connectivity index (χ2n) is 3.55. The summed E-state index contributed by atoms with van der Waals surface area (Å²) in [5.41, 5.74) is 1.33. The Bertz CT molecular complexity index is 543. The zero-order valence-electron chi connectivity index (χ0n) is 9.14. The van der Waals surface area contributed by atoms with Crippen LogP contribution >= 0.6 is 0 Å². The first-order chi connectivity index (χ1) is 8.16. The van der Waals surface area contributed by atoms with Crippen LogP contribution in [0.15, 0.2) is 36.9 Å². The van der Waals surface area contributed by atoms with Gasteiger partial charge in [-0.2, -0.15) is 0 Å². The average molecular weight is 231 g/mol. The molecular formula is C12H10FN3O. The van der Waals surface area contributed by atoms with Crippen LogP contribution in [-0.2, 0) is 0 Å². The van der Waals surface area contributed by atoms with Gasteiger partial charge in [-0.25, -0.2) is 14.4 Å². The van der Waals surface area contributed by atoms with Gasteiger partial charge < -0.3 is 5.32 Å². The molecule has 2 rings (SSSR count). The normalized spacial score (nSPS) is 10.0. The molecule has 0 aliphatic carbocycles. The molecule has 0 atom stereocenters. The summed E-state index contributed by atoms with van der Waals surface area (Å²) in [5, 5.41) is 2.62. The third-order valence-electron chi connectivity index (χ3n) is 2.24. The second kappa shape index (κ2) is 4.69. The third kappa shape index (κ3) is 2.63. The van der Waals surface area contributed by atoms with Crippen LogP contribution < -0.4 is 5.32 Å². The highest BCUT2D eigenvalue weighted by molar-refractivity contribution is 6.04. The van der Waals surface area contributed by atoms with Gasteiger partial charge in [-0.05, 0) is 30.7 Å². The minimum atomic E-state index is -0.329. The first-order valence-corrected chi connectivity index (χ1v) is 4.99. The molecule has 1 amide bonds. The van der Waals surface area contributed by atoms with Crippen LogP contribution in [0.4, 0.5) is 10.1 Å². The molecule has 17 heavy (non-hydrogen) atoms. The summed E-state index contributed by atoms with van der Waals surface area (Å²) in [5.74, 6) is -0.646. The van der Waals surface area contributed by atoms with Crippen molar-refractivity contribution in [1.82, 2.24) is 9.97 Å². The summed E-state index contributed by atoms with van der Waals surface area (Å²) >= 11 is 0. The minimum Gasteiger partial charge on any atom is -0.319 e. The van der Waals surface area contributed by atoms with E-state index in [1.54, 1.807) is 6.92 Å². The number of nitrogens with one attached hydrogen (secondary N) is 1. The number of carbonyl (C=O) groups is 1. The summed E-state index contributed by atoms with van der Waals surface area (Å²) in [6.45, 7) is 1.61. The molecule has 1 aromatic carbocycles. The first kappa shape index (κ1) is 11.2. The third-order valence-corrected chi connectivity index (χ3v) is 2.24. The Labute approximate surface area is 97.5 Å². The summed E-state index contributed by atoms with van der Waals surface area (Å²) in [6.07, 6.45) is 4.35. The van der Waals surface area contributed by atoms with E-state index in [1.165, 1.54) is 36.9 Å². The zero-order chi connectivity index (χ0) is 12.3. The molecular weight excluding hydrogens is 221 g/mol. The number of aromatic nitrogens is 2. The van der Waals surface area contributed by atoms with Gasteiger partial charge in [0, 0.05) is 5.56 Å². The quantitative estimate of drug-likeness (QED) is 0.861. The Morgan fingerprint density at radius 2 is 2.00 bits per heavy atom. The lowest BCUT2D eigenvalue weighted by Gasteiger charge is -2.05. The monoisotopic (exact) mass is 231 g/mol. The number of anilines is 1. The summed E-state index contributed by atoms with van der Waals surface area (Å²) < 4.78 is 13.0. The highest BCUT2D eigenvalue weighted by atomic mass is 19.1. The van der Waals surface area contributed by atoms with Gasteiger partial charge in [0.05, 0.1) is 18.1 Å². The van der Waals surface area contributed by atoms with Crippen LogP contribution in [0.2, 0.25) is 0 Å². The van der Waals surface area contributed by atoms with E-state index in [4.69, 9.17) is 0 Å². The first-order valence-electron chi connectivity index (χ1n) is 4.99. The van der Waals surface area contributed by atoms with Crippen LogP contribution in [-0.4, -0.2) is 15.9 Å². The molecule has 4 nitrogen and oxygen atoms in total.